The number of guanidine groups is 1. The molecule has 7 nitrogen and oxygen atoms in total. The minimum absolute atomic E-state index is 0.251. The molecule has 0 radical (unpaired) electrons. The number of rotatable bonds is 10. The lowest BCUT2D eigenvalue weighted by Crippen LogP contribution is -2.38. The third-order valence-electron chi connectivity index (χ3n) is 5.35. The maximum atomic E-state index is 12.4. The summed E-state index contributed by atoms with van der Waals surface area (Å²) < 4.78 is 1.83. The van der Waals surface area contributed by atoms with Crippen LogP contribution in [0.15, 0.2) is 47.7 Å². The molecule has 1 aliphatic rings. The summed E-state index contributed by atoms with van der Waals surface area (Å²) in [5, 5.41) is 10.9. The van der Waals surface area contributed by atoms with E-state index in [4.69, 9.17) is 4.99 Å². The van der Waals surface area contributed by atoms with Crippen molar-refractivity contribution in [2.24, 2.45) is 18.0 Å². The van der Waals surface area contributed by atoms with Crippen LogP contribution in [-0.4, -0.2) is 59.3 Å². The first-order valence-corrected chi connectivity index (χ1v) is 11.0. The topological polar surface area (TPSA) is 74.6 Å². The van der Waals surface area contributed by atoms with Crippen LogP contribution in [0.5, 0.6) is 0 Å². The number of carbonyl (C=O) groups excluding carboxylic acids is 1. The average molecular weight is 411 g/mol. The molecule has 0 aliphatic carbocycles. The van der Waals surface area contributed by atoms with E-state index in [0.29, 0.717) is 18.9 Å². The maximum Gasteiger partial charge on any atom is 0.223 e. The van der Waals surface area contributed by atoms with Gasteiger partial charge in [-0.25, -0.2) is 0 Å². The Morgan fingerprint density at radius 3 is 2.77 bits per heavy atom. The molecule has 7 heteroatoms. The number of nitrogens with one attached hydrogen (secondary N) is 2. The van der Waals surface area contributed by atoms with Gasteiger partial charge < -0.3 is 15.5 Å². The summed E-state index contributed by atoms with van der Waals surface area (Å²) >= 11 is 0. The zero-order valence-corrected chi connectivity index (χ0v) is 18.2. The van der Waals surface area contributed by atoms with Gasteiger partial charge in [0, 0.05) is 58.3 Å². The van der Waals surface area contributed by atoms with Crippen LogP contribution in [0.3, 0.4) is 0 Å². The van der Waals surface area contributed by atoms with E-state index in [9.17, 15) is 4.79 Å². The Morgan fingerprint density at radius 1 is 1.20 bits per heavy atom. The van der Waals surface area contributed by atoms with Crippen molar-refractivity contribution in [3.63, 3.8) is 0 Å². The monoisotopic (exact) mass is 410 g/mol. The molecule has 1 aromatic heterocycles. The number of amides is 1. The fourth-order valence-electron chi connectivity index (χ4n) is 3.76. The Bertz CT molecular complexity index is 816. The first-order valence-electron chi connectivity index (χ1n) is 11.0. The van der Waals surface area contributed by atoms with Crippen molar-refractivity contribution in [3.05, 3.63) is 53.9 Å². The fraction of sp³-hybridized carbons (Fsp3) is 0.522. The molecular formula is C23H34N6O. The van der Waals surface area contributed by atoms with E-state index in [1.165, 1.54) is 11.1 Å². The third-order valence-corrected chi connectivity index (χ3v) is 5.35. The van der Waals surface area contributed by atoms with E-state index >= 15 is 0 Å². The van der Waals surface area contributed by atoms with Crippen LogP contribution >= 0.6 is 0 Å². The summed E-state index contributed by atoms with van der Waals surface area (Å²) in [6.45, 7) is 6.00. The van der Waals surface area contributed by atoms with E-state index in [2.05, 4.69) is 41.0 Å². The van der Waals surface area contributed by atoms with Crippen molar-refractivity contribution in [3.8, 4) is 0 Å². The Kier molecular flexibility index (Phi) is 8.30. The lowest BCUT2D eigenvalue weighted by molar-refractivity contribution is -0.127. The van der Waals surface area contributed by atoms with Crippen LogP contribution in [0.1, 0.15) is 30.9 Å². The number of nitrogens with zero attached hydrogens (tertiary/aromatic N) is 4. The number of hydrogen-bond acceptors (Lipinski definition) is 3. The molecule has 0 saturated carbocycles. The highest BCUT2D eigenvalue weighted by Gasteiger charge is 2.28. The Labute approximate surface area is 179 Å². The van der Waals surface area contributed by atoms with Crippen molar-refractivity contribution in [2.45, 2.75) is 32.6 Å². The van der Waals surface area contributed by atoms with E-state index in [1.807, 2.05) is 41.0 Å². The molecule has 1 aromatic carbocycles. The second-order valence-corrected chi connectivity index (χ2v) is 7.92. The highest BCUT2D eigenvalue weighted by atomic mass is 16.2. The second-order valence-electron chi connectivity index (χ2n) is 7.92. The number of benzene rings is 1. The predicted octanol–water partition coefficient (Wildman–Crippen LogP) is 2.00. The molecule has 1 aliphatic heterocycles. The minimum atomic E-state index is 0.251. The van der Waals surface area contributed by atoms with Gasteiger partial charge in [-0.1, -0.05) is 30.3 Å². The number of aliphatic imine (C=N–C) groups is 1. The number of aryl methyl sites for hydroxylation is 2. The summed E-state index contributed by atoms with van der Waals surface area (Å²) in [5.41, 5.74) is 2.53. The average Bonchev–Trinajstić information content (AvgIpc) is 3.33. The third kappa shape index (κ3) is 6.90. The van der Waals surface area contributed by atoms with Gasteiger partial charge in [-0.3, -0.25) is 14.5 Å². The summed E-state index contributed by atoms with van der Waals surface area (Å²) in [6, 6.07) is 10.3. The van der Waals surface area contributed by atoms with Gasteiger partial charge in [0.1, 0.15) is 0 Å². The summed E-state index contributed by atoms with van der Waals surface area (Å²) in [7, 11) is 1.94. The van der Waals surface area contributed by atoms with Gasteiger partial charge in [-0.15, -0.1) is 0 Å². The summed E-state index contributed by atoms with van der Waals surface area (Å²) in [4.78, 5) is 19.1. The lowest BCUT2D eigenvalue weighted by Gasteiger charge is -2.16. The fourth-order valence-corrected chi connectivity index (χ4v) is 3.76. The number of carbonyl (C=O) groups is 1. The molecule has 1 fully saturated rings. The molecule has 2 heterocycles. The number of hydrogen-bond donors (Lipinski definition) is 2. The SMILES string of the molecule is CCNC(=NCC1CC(=O)N(CCc2ccccc2)C1)NCCCc1cnn(C)c1. The van der Waals surface area contributed by atoms with Crippen LogP contribution in [-0.2, 0) is 24.7 Å². The zero-order valence-electron chi connectivity index (χ0n) is 18.2. The first kappa shape index (κ1) is 21.9. The molecule has 1 atom stereocenters. The predicted molar refractivity (Wildman–Crippen MR) is 120 cm³/mol. The highest BCUT2D eigenvalue weighted by Crippen LogP contribution is 2.18. The Balaban J connectivity index is 1.40. The molecule has 30 heavy (non-hydrogen) atoms. The molecule has 1 amide bonds. The van der Waals surface area contributed by atoms with Crippen LogP contribution < -0.4 is 10.6 Å². The number of aromatic nitrogens is 2. The molecule has 2 N–H and O–H groups in total. The van der Waals surface area contributed by atoms with Gasteiger partial charge in [0.15, 0.2) is 5.96 Å². The van der Waals surface area contributed by atoms with Crippen molar-refractivity contribution in [2.75, 3.05) is 32.7 Å². The normalized spacial score (nSPS) is 16.9. The smallest absolute Gasteiger partial charge is 0.223 e. The first-order chi connectivity index (χ1) is 14.6. The van der Waals surface area contributed by atoms with Crippen LogP contribution in [0.25, 0.3) is 0 Å². The molecule has 162 valence electrons. The van der Waals surface area contributed by atoms with E-state index in [0.717, 1.165) is 51.4 Å². The van der Waals surface area contributed by atoms with Gasteiger partial charge >= 0.3 is 0 Å². The molecule has 1 unspecified atom stereocenters. The maximum absolute atomic E-state index is 12.4. The van der Waals surface area contributed by atoms with Crippen LogP contribution in [0.2, 0.25) is 0 Å². The van der Waals surface area contributed by atoms with E-state index < -0.39 is 0 Å². The lowest BCUT2D eigenvalue weighted by atomic mass is 10.1. The zero-order chi connectivity index (χ0) is 21.2. The highest BCUT2D eigenvalue weighted by molar-refractivity contribution is 5.80. The Hall–Kier alpha value is -2.83. The molecule has 2 aromatic rings. The minimum Gasteiger partial charge on any atom is -0.357 e. The summed E-state index contributed by atoms with van der Waals surface area (Å²) in [6.07, 6.45) is 7.49. The molecule has 0 spiro atoms. The van der Waals surface area contributed by atoms with Gasteiger partial charge in [-0.2, -0.15) is 5.10 Å². The standard InChI is InChI=1S/C23H34N6O/c1-3-24-23(25-12-7-10-20-16-27-28(2)17-20)26-15-21-14-22(30)29(18-21)13-11-19-8-5-4-6-9-19/h4-6,8-9,16-17,21H,3,7,10-15,18H2,1-2H3,(H2,24,25,26). The molecular weight excluding hydrogens is 376 g/mol. The largest absolute Gasteiger partial charge is 0.357 e. The quantitative estimate of drug-likeness (QED) is 0.357. The van der Waals surface area contributed by atoms with Crippen molar-refractivity contribution in [1.29, 1.82) is 0 Å². The van der Waals surface area contributed by atoms with Crippen molar-refractivity contribution < 1.29 is 4.79 Å². The molecule has 3 rings (SSSR count). The van der Waals surface area contributed by atoms with Gasteiger partial charge in [0.2, 0.25) is 5.91 Å². The van der Waals surface area contributed by atoms with Crippen molar-refractivity contribution >= 4 is 11.9 Å². The molecule has 1 saturated heterocycles. The van der Waals surface area contributed by atoms with Crippen LogP contribution in [0, 0.1) is 5.92 Å². The van der Waals surface area contributed by atoms with Gasteiger partial charge in [0.05, 0.1) is 6.20 Å². The van der Waals surface area contributed by atoms with Gasteiger partial charge in [-0.05, 0) is 37.3 Å². The van der Waals surface area contributed by atoms with E-state index in [1.54, 1.807) is 0 Å². The van der Waals surface area contributed by atoms with Crippen LogP contribution in [0.4, 0.5) is 0 Å². The Morgan fingerprint density at radius 2 is 2.03 bits per heavy atom. The van der Waals surface area contributed by atoms with Gasteiger partial charge in [0.25, 0.3) is 0 Å². The number of likely N-dealkylation sites (tertiary alicyclic amines) is 1. The second kappa shape index (κ2) is 11.4. The van der Waals surface area contributed by atoms with E-state index in [-0.39, 0.29) is 5.91 Å². The summed E-state index contributed by atoms with van der Waals surface area (Å²) in [5.74, 6) is 1.37. The molecule has 0 bridgehead atoms. The van der Waals surface area contributed by atoms with Crippen molar-refractivity contribution in [1.82, 2.24) is 25.3 Å².